The van der Waals surface area contributed by atoms with Crippen molar-refractivity contribution in [2.75, 3.05) is 0 Å². The average Bonchev–Trinajstić information content (AvgIpc) is 3.31. The molecule has 2 N–H and O–H groups in total. The zero-order chi connectivity index (χ0) is 29.4. The van der Waals surface area contributed by atoms with E-state index in [1.54, 1.807) is 18.2 Å². The van der Waals surface area contributed by atoms with Gasteiger partial charge in [0.1, 0.15) is 40.4 Å². The number of benzene rings is 4. The molecule has 0 aliphatic carbocycles. The van der Waals surface area contributed by atoms with Gasteiger partial charge in [-0.2, -0.15) is 5.26 Å². The maximum absolute atomic E-state index is 13.1. The number of aryl methyl sites for hydroxylation is 2. The SMILES string of the molecule is Cc1ccc(COc2cccc(C3C(C#N)=C(N)Oc4cc(OC(=O)c5sc6cc(C)ccc6c5Cl)ccc43)c2)cc1. The highest BCUT2D eigenvalue weighted by Crippen LogP contribution is 2.44. The van der Waals surface area contributed by atoms with Gasteiger partial charge < -0.3 is 19.9 Å². The number of hydrogen-bond acceptors (Lipinski definition) is 7. The topological polar surface area (TPSA) is 94.6 Å². The van der Waals surface area contributed by atoms with Crippen LogP contribution in [-0.4, -0.2) is 5.97 Å². The number of esters is 1. The Morgan fingerprint density at radius 3 is 2.57 bits per heavy atom. The first kappa shape index (κ1) is 27.4. The van der Waals surface area contributed by atoms with E-state index in [1.807, 2.05) is 80.6 Å². The molecule has 1 aliphatic rings. The van der Waals surface area contributed by atoms with Crippen molar-refractivity contribution in [1.29, 1.82) is 5.26 Å². The number of nitrogens with two attached hydrogens (primary N) is 1. The smallest absolute Gasteiger partial charge is 0.355 e. The van der Waals surface area contributed by atoms with E-state index in [2.05, 4.69) is 6.07 Å². The summed E-state index contributed by atoms with van der Waals surface area (Å²) in [6.45, 7) is 4.44. The molecule has 1 aliphatic heterocycles. The third-order valence-electron chi connectivity index (χ3n) is 7.09. The third-order valence-corrected chi connectivity index (χ3v) is 8.73. The van der Waals surface area contributed by atoms with E-state index in [4.69, 9.17) is 31.5 Å². The van der Waals surface area contributed by atoms with Crippen molar-refractivity contribution in [3.8, 4) is 23.3 Å². The van der Waals surface area contributed by atoms with Gasteiger partial charge in [0.05, 0.1) is 10.9 Å². The van der Waals surface area contributed by atoms with Crippen molar-refractivity contribution in [3.05, 3.63) is 134 Å². The van der Waals surface area contributed by atoms with E-state index < -0.39 is 11.9 Å². The molecule has 4 aromatic carbocycles. The summed E-state index contributed by atoms with van der Waals surface area (Å²) in [6, 6.07) is 28.8. The standard InChI is InChI=1S/C34H25ClN2O4S/c1-19-6-9-21(10-7-19)18-39-23-5-3-4-22(15-23)30-25-13-11-24(16-28(25)41-33(37)27(30)17-36)40-34(38)32-31(35)26-12-8-20(2)14-29(26)42-32/h3-16,30H,18,37H2,1-2H3. The number of rotatable bonds is 6. The number of carbonyl (C=O) groups excluding carboxylic acids is 1. The molecule has 6 rings (SSSR count). The second-order valence-corrected chi connectivity index (χ2v) is 11.5. The van der Waals surface area contributed by atoms with Crippen LogP contribution in [0.25, 0.3) is 10.1 Å². The summed E-state index contributed by atoms with van der Waals surface area (Å²) in [6.07, 6.45) is 0. The van der Waals surface area contributed by atoms with Crippen LogP contribution in [0.15, 0.2) is 96.4 Å². The van der Waals surface area contributed by atoms with Gasteiger partial charge in [0.15, 0.2) is 0 Å². The van der Waals surface area contributed by atoms with E-state index in [9.17, 15) is 10.1 Å². The zero-order valence-corrected chi connectivity index (χ0v) is 24.4. The Morgan fingerprint density at radius 1 is 1.00 bits per heavy atom. The number of ether oxygens (including phenoxy) is 3. The fourth-order valence-electron chi connectivity index (χ4n) is 4.93. The predicted octanol–water partition coefficient (Wildman–Crippen LogP) is 8.19. The lowest BCUT2D eigenvalue weighted by Crippen LogP contribution is -2.21. The van der Waals surface area contributed by atoms with Gasteiger partial charge in [-0.3, -0.25) is 0 Å². The van der Waals surface area contributed by atoms with Crippen LogP contribution in [-0.2, 0) is 6.61 Å². The number of carbonyl (C=O) groups is 1. The lowest BCUT2D eigenvalue weighted by atomic mass is 9.83. The van der Waals surface area contributed by atoms with Crippen LogP contribution in [0.3, 0.4) is 0 Å². The van der Waals surface area contributed by atoms with Gasteiger partial charge >= 0.3 is 5.97 Å². The number of allylic oxidation sites excluding steroid dienone is 1. The van der Waals surface area contributed by atoms with Crippen molar-refractivity contribution in [2.24, 2.45) is 5.73 Å². The highest BCUT2D eigenvalue weighted by atomic mass is 35.5. The van der Waals surface area contributed by atoms with Crippen molar-refractivity contribution in [2.45, 2.75) is 26.4 Å². The van der Waals surface area contributed by atoms with Crippen molar-refractivity contribution >= 4 is 39.0 Å². The number of fused-ring (bicyclic) bond motifs is 2. The van der Waals surface area contributed by atoms with Crippen LogP contribution in [0.4, 0.5) is 0 Å². The molecule has 2 heterocycles. The van der Waals surface area contributed by atoms with E-state index in [0.29, 0.717) is 33.6 Å². The van der Waals surface area contributed by atoms with E-state index >= 15 is 0 Å². The Morgan fingerprint density at radius 2 is 1.79 bits per heavy atom. The van der Waals surface area contributed by atoms with Crippen LogP contribution in [0.2, 0.25) is 5.02 Å². The molecule has 0 saturated heterocycles. The number of nitriles is 1. The summed E-state index contributed by atoms with van der Waals surface area (Å²) < 4.78 is 18.5. The first-order chi connectivity index (χ1) is 20.3. The van der Waals surface area contributed by atoms with Gasteiger partial charge in [0.2, 0.25) is 5.88 Å². The summed E-state index contributed by atoms with van der Waals surface area (Å²) in [7, 11) is 0. The Bertz CT molecular complexity index is 1920. The minimum Gasteiger partial charge on any atom is -0.489 e. The minimum atomic E-state index is -0.564. The molecule has 0 spiro atoms. The number of thiophene rings is 1. The summed E-state index contributed by atoms with van der Waals surface area (Å²) in [4.78, 5) is 13.4. The zero-order valence-electron chi connectivity index (χ0n) is 22.8. The lowest BCUT2D eigenvalue weighted by Gasteiger charge is -2.27. The molecule has 8 heteroatoms. The van der Waals surface area contributed by atoms with Crippen molar-refractivity contribution in [1.82, 2.24) is 0 Å². The molecule has 0 radical (unpaired) electrons. The van der Waals surface area contributed by atoms with E-state index in [0.717, 1.165) is 26.8 Å². The Kier molecular flexibility index (Phi) is 7.34. The number of hydrogen-bond donors (Lipinski definition) is 1. The maximum Gasteiger partial charge on any atom is 0.355 e. The van der Waals surface area contributed by atoms with Crippen LogP contribution in [0, 0.1) is 25.2 Å². The van der Waals surface area contributed by atoms with Crippen LogP contribution < -0.4 is 19.9 Å². The maximum atomic E-state index is 13.1. The largest absolute Gasteiger partial charge is 0.489 e. The molecular formula is C34H25ClN2O4S. The van der Waals surface area contributed by atoms with Crippen LogP contribution in [0.1, 0.15) is 43.4 Å². The minimum absolute atomic E-state index is 0.00706. The molecular weight excluding hydrogens is 568 g/mol. The van der Waals surface area contributed by atoms with Crippen LogP contribution >= 0.6 is 22.9 Å². The monoisotopic (exact) mass is 592 g/mol. The Balaban J connectivity index is 1.27. The summed E-state index contributed by atoms with van der Waals surface area (Å²) in [5.41, 5.74) is 11.3. The van der Waals surface area contributed by atoms with Gasteiger partial charge in [-0.25, -0.2) is 4.79 Å². The summed E-state index contributed by atoms with van der Waals surface area (Å²) in [5.74, 6) is 0.263. The number of nitrogens with zero attached hydrogens (tertiary/aromatic N) is 1. The molecule has 1 aromatic heterocycles. The number of halogens is 1. The molecule has 1 unspecified atom stereocenters. The first-order valence-electron chi connectivity index (χ1n) is 13.2. The molecule has 0 bridgehead atoms. The van der Waals surface area contributed by atoms with Crippen molar-refractivity contribution in [3.63, 3.8) is 0 Å². The second kappa shape index (κ2) is 11.2. The Labute approximate surface area is 252 Å². The van der Waals surface area contributed by atoms with Gasteiger partial charge in [-0.05, 0) is 54.8 Å². The normalized spacial score (nSPS) is 14.2. The Hall–Kier alpha value is -4.77. The molecule has 5 aromatic rings. The van der Waals surface area contributed by atoms with E-state index in [-0.39, 0.29) is 17.2 Å². The predicted molar refractivity (Wildman–Crippen MR) is 164 cm³/mol. The molecule has 6 nitrogen and oxygen atoms in total. The fourth-order valence-corrected chi connectivity index (χ4v) is 6.42. The summed E-state index contributed by atoms with van der Waals surface area (Å²) in [5, 5.41) is 11.2. The molecule has 0 saturated carbocycles. The van der Waals surface area contributed by atoms with E-state index in [1.165, 1.54) is 16.9 Å². The van der Waals surface area contributed by atoms with Crippen LogP contribution in [0.5, 0.6) is 17.2 Å². The molecule has 208 valence electrons. The molecule has 1 atom stereocenters. The molecule has 0 fully saturated rings. The van der Waals surface area contributed by atoms with Gasteiger partial charge in [-0.15, -0.1) is 11.3 Å². The highest BCUT2D eigenvalue weighted by molar-refractivity contribution is 7.21. The summed E-state index contributed by atoms with van der Waals surface area (Å²) >= 11 is 7.81. The molecule has 0 amide bonds. The average molecular weight is 593 g/mol. The quantitative estimate of drug-likeness (QED) is 0.158. The third kappa shape index (κ3) is 5.30. The second-order valence-electron chi connectivity index (χ2n) is 10.1. The van der Waals surface area contributed by atoms with Crippen molar-refractivity contribution < 1.29 is 19.0 Å². The highest BCUT2D eigenvalue weighted by Gasteiger charge is 2.31. The first-order valence-corrected chi connectivity index (χ1v) is 14.4. The molecule has 42 heavy (non-hydrogen) atoms. The fraction of sp³-hybridized carbons (Fsp3) is 0.118. The lowest BCUT2D eigenvalue weighted by molar-refractivity contribution is 0.0740. The van der Waals surface area contributed by atoms with Gasteiger partial charge in [0.25, 0.3) is 0 Å². The van der Waals surface area contributed by atoms with Gasteiger partial charge in [-0.1, -0.05) is 71.8 Å². The van der Waals surface area contributed by atoms with Gasteiger partial charge in [0, 0.05) is 21.7 Å².